The monoisotopic (exact) mass is 470 g/mol. The molecule has 0 aromatic carbocycles. The third-order valence-electron chi connectivity index (χ3n) is 3.29. The van der Waals surface area contributed by atoms with E-state index >= 15 is 0 Å². The van der Waals surface area contributed by atoms with Crippen molar-refractivity contribution in [1.82, 2.24) is 0 Å². The van der Waals surface area contributed by atoms with E-state index in [0.717, 1.165) is 46.1 Å². The summed E-state index contributed by atoms with van der Waals surface area (Å²) < 4.78 is 20.9. The van der Waals surface area contributed by atoms with Gasteiger partial charge >= 0.3 is 0 Å². The fraction of sp³-hybridized carbons (Fsp3) is 0.200. The molecule has 4 rings (SSSR count). The molecule has 0 unspecified atom stereocenters. The zero-order valence-corrected chi connectivity index (χ0v) is 18.8. The van der Waals surface area contributed by atoms with Crippen LogP contribution in [0.25, 0.3) is 0 Å². The van der Waals surface area contributed by atoms with Crippen molar-refractivity contribution in [3.63, 3.8) is 0 Å². The van der Waals surface area contributed by atoms with Crippen LogP contribution in [-0.2, 0) is 23.0 Å². The Morgan fingerprint density at radius 3 is 0.862 bits per heavy atom. The predicted octanol–water partition coefficient (Wildman–Crippen LogP) is 7.08. The molecular formula is C20H22O5S4. The van der Waals surface area contributed by atoms with Crippen LogP contribution in [0.4, 0.5) is 0 Å². The van der Waals surface area contributed by atoms with Gasteiger partial charge in [-0.05, 0) is 48.5 Å². The largest absolute Gasteiger partial charge is 0.468 e. The summed E-state index contributed by atoms with van der Waals surface area (Å²) in [6.07, 6.45) is 6.81. The molecular weight excluding hydrogens is 448 g/mol. The highest BCUT2D eigenvalue weighted by Crippen LogP contribution is 2.30. The van der Waals surface area contributed by atoms with Gasteiger partial charge in [-0.3, -0.25) is 0 Å². The molecule has 29 heavy (non-hydrogen) atoms. The van der Waals surface area contributed by atoms with Gasteiger partial charge in [0.2, 0.25) is 0 Å². The van der Waals surface area contributed by atoms with E-state index in [1.807, 2.05) is 48.5 Å². The van der Waals surface area contributed by atoms with Gasteiger partial charge < -0.3 is 23.1 Å². The van der Waals surface area contributed by atoms with E-state index in [4.69, 9.17) is 17.7 Å². The molecule has 5 nitrogen and oxygen atoms in total. The van der Waals surface area contributed by atoms with Crippen LogP contribution in [0, 0.1) is 0 Å². The molecule has 4 heterocycles. The van der Waals surface area contributed by atoms with E-state index in [-0.39, 0.29) is 5.48 Å². The molecule has 156 valence electrons. The molecule has 0 spiro atoms. The molecule has 0 aliphatic carbocycles. The Bertz CT molecular complexity index is 683. The lowest BCUT2D eigenvalue weighted by molar-refractivity contribution is 0.529. The minimum Gasteiger partial charge on any atom is -0.468 e. The van der Waals surface area contributed by atoms with Crippen LogP contribution in [0.3, 0.4) is 0 Å². The highest BCUT2D eigenvalue weighted by atomic mass is 33.1. The average molecular weight is 471 g/mol. The molecule has 0 aliphatic heterocycles. The summed E-state index contributed by atoms with van der Waals surface area (Å²) in [5.41, 5.74) is 0. The second-order valence-electron chi connectivity index (χ2n) is 5.37. The minimum atomic E-state index is 0. The number of furan rings is 4. The van der Waals surface area contributed by atoms with Gasteiger partial charge in [0.1, 0.15) is 23.0 Å². The van der Waals surface area contributed by atoms with Gasteiger partial charge in [0, 0.05) is 0 Å². The van der Waals surface area contributed by atoms with Gasteiger partial charge in [-0.1, -0.05) is 43.2 Å². The van der Waals surface area contributed by atoms with Gasteiger partial charge in [0.05, 0.1) is 48.1 Å². The molecule has 4 aromatic heterocycles. The van der Waals surface area contributed by atoms with Gasteiger partial charge in [-0.15, -0.1) is 0 Å². The third-order valence-corrected chi connectivity index (χ3v) is 7.65. The smallest absolute Gasteiger partial charge is 0.114 e. The van der Waals surface area contributed by atoms with Gasteiger partial charge in [0.25, 0.3) is 0 Å². The highest BCUT2D eigenvalue weighted by Gasteiger charge is 2.00. The van der Waals surface area contributed by atoms with Crippen LogP contribution < -0.4 is 0 Å². The quantitative estimate of drug-likeness (QED) is 0.179. The van der Waals surface area contributed by atoms with Crippen LogP contribution in [-0.4, -0.2) is 5.48 Å². The van der Waals surface area contributed by atoms with Crippen molar-refractivity contribution in [2.75, 3.05) is 0 Å². The molecule has 0 fully saturated rings. The lowest BCUT2D eigenvalue weighted by Gasteiger charge is -1.96. The molecule has 2 N–H and O–H groups in total. The van der Waals surface area contributed by atoms with Crippen LogP contribution in [0.1, 0.15) is 23.0 Å². The SMILES string of the molecule is O.c1coc(CSSCc2ccco2)c1.c1coc(CSSCc2ccco2)c1. The van der Waals surface area contributed by atoms with Crippen LogP contribution >= 0.6 is 43.2 Å². The summed E-state index contributed by atoms with van der Waals surface area (Å²) >= 11 is 0. The summed E-state index contributed by atoms with van der Waals surface area (Å²) in [4.78, 5) is 0. The van der Waals surface area contributed by atoms with Crippen LogP contribution in [0.15, 0.2) is 91.3 Å². The fourth-order valence-corrected chi connectivity index (χ4v) is 5.83. The van der Waals surface area contributed by atoms with E-state index in [1.54, 1.807) is 68.2 Å². The average Bonchev–Trinajstić information content (AvgIpc) is 3.51. The zero-order chi connectivity index (χ0) is 19.3. The maximum Gasteiger partial charge on any atom is 0.114 e. The molecule has 4 aromatic rings. The van der Waals surface area contributed by atoms with Crippen molar-refractivity contribution in [3.8, 4) is 0 Å². The first-order valence-electron chi connectivity index (χ1n) is 8.48. The summed E-state index contributed by atoms with van der Waals surface area (Å²) in [5.74, 6) is 7.67. The van der Waals surface area contributed by atoms with Crippen LogP contribution in [0.5, 0.6) is 0 Å². The van der Waals surface area contributed by atoms with E-state index < -0.39 is 0 Å². The maximum atomic E-state index is 5.21. The Morgan fingerprint density at radius 1 is 0.448 bits per heavy atom. The molecule has 0 saturated heterocycles. The summed E-state index contributed by atoms with van der Waals surface area (Å²) in [6.45, 7) is 0. The molecule has 0 amide bonds. The van der Waals surface area contributed by atoms with E-state index in [9.17, 15) is 0 Å². The maximum absolute atomic E-state index is 5.21. The zero-order valence-electron chi connectivity index (χ0n) is 15.5. The Kier molecular flexibility index (Phi) is 11.8. The normalized spacial score (nSPS) is 10.2. The molecule has 9 heteroatoms. The molecule has 0 atom stereocenters. The van der Waals surface area contributed by atoms with Crippen molar-refractivity contribution >= 4 is 43.2 Å². The number of hydrogen-bond acceptors (Lipinski definition) is 8. The number of hydrogen-bond donors (Lipinski definition) is 0. The van der Waals surface area contributed by atoms with E-state index in [2.05, 4.69) is 0 Å². The molecule has 0 radical (unpaired) electrons. The number of rotatable bonds is 10. The summed E-state index contributed by atoms with van der Waals surface area (Å²) in [6, 6.07) is 15.6. The lowest BCUT2D eigenvalue weighted by Crippen LogP contribution is -1.73. The van der Waals surface area contributed by atoms with Crippen molar-refractivity contribution in [1.29, 1.82) is 0 Å². The molecule has 0 aliphatic rings. The van der Waals surface area contributed by atoms with Crippen LogP contribution in [0.2, 0.25) is 0 Å². The van der Waals surface area contributed by atoms with E-state index in [0.29, 0.717) is 0 Å². The first-order valence-corrected chi connectivity index (χ1v) is 13.5. The summed E-state index contributed by atoms with van der Waals surface area (Å²) in [5, 5.41) is 0. The van der Waals surface area contributed by atoms with Crippen molar-refractivity contribution in [2.24, 2.45) is 0 Å². The Morgan fingerprint density at radius 2 is 0.690 bits per heavy atom. The Balaban J connectivity index is 0.000000200. The molecule has 0 saturated carbocycles. The van der Waals surface area contributed by atoms with Gasteiger partial charge in [0.15, 0.2) is 0 Å². The standard InChI is InChI=1S/2C10H10O2S2.H2O/c2*1-3-9(11-5-1)7-13-14-8-10-4-2-6-12-10;/h2*1-6H,7-8H2;1H2. The van der Waals surface area contributed by atoms with Crippen molar-refractivity contribution < 1.29 is 23.1 Å². The minimum absolute atomic E-state index is 0. The first-order chi connectivity index (χ1) is 13.9. The van der Waals surface area contributed by atoms with Crippen molar-refractivity contribution in [3.05, 3.63) is 96.6 Å². The van der Waals surface area contributed by atoms with Gasteiger partial charge in [-0.2, -0.15) is 0 Å². The summed E-state index contributed by atoms with van der Waals surface area (Å²) in [7, 11) is 7.09. The second-order valence-corrected chi connectivity index (χ2v) is 10.3. The lowest BCUT2D eigenvalue weighted by atomic mass is 10.5. The highest BCUT2D eigenvalue weighted by molar-refractivity contribution is 8.76. The Hall–Kier alpha value is -1.52. The van der Waals surface area contributed by atoms with E-state index in [1.165, 1.54) is 0 Å². The predicted molar refractivity (Wildman–Crippen MR) is 124 cm³/mol. The fourth-order valence-electron chi connectivity index (χ4n) is 1.98. The topological polar surface area (TPSA) is 84.1 Å². The van der Waals surface area contributed by atoms with Gasteiger partial charge in [-0.25, -0.2) is 0 Å². The molecule has 0 bridgehead atoms. The van der Waals surface area contributed by atoms with Crippen molar-refractivity contribution in [2.45, 2.75) is 23.0 Å². The third kappa shape index (κ3) is 9.68. The first kappa shape index (κ1) is 23.8. The Labute approximate surface area is 185 Å². The second kappa shape index (κ2) is 14.5.